The second-order valence-corrected chi connectivity index (χ2v) is 7.38. The Hall–Kier alpha value is -2.60. The largest absolute Gasteiger partial charge is 0.373 e. The quantitative estimate of drug-likeness (QED) is 0.738. The van der Waals surface area contributed by atoms with E-state index in [9.17, 15) is 4.79 Å². The van der Waals surface area contributed by atoms with Crippen molar-refractivity contribution in [3.8, 4) is 11.3 Å². The number of carbonyl (C=O) groups excluding carboxylic acids is 1. The number of H-pyrrole nitrogens is 1. The maximum Gasteiger partial charge on any atom is 0.247 e. The normalized spacial score (nSPS) is 13.3. The predicted molar refractivity (Wildman–Crippen MR) is 111 cm³/mol. The minimum atomic E-state index is -0.214. The molecule has 1 aliphatic rings. The molecule has 6 nitrogen and oxygen atoms in total. The van der Waals surface area contributed by atoms with E-state index in [2.05, 4.69) is 59.1 Å². The lowest BCUT2D eigenvalue weighted by atomic mass is 9.93. The summed E-state index contributed by atoms with van der Waals surface area (Å²) in [5.41, 5.74) is 6.29. The molecule has 2 N–H and O–H groups in total. The summed E-state index contributed by atoms with van der Waals surface area (Å²) >= 11 is 0. The molecule has 0 radical (unpaired) electrons. The lowest BCUT2D eigenvalue weighted by molar-refractivity contribution is -0.111. The number of benzene rings is 1. The van der Waals surface area contributed by atoms with Crippen LogP contribution in [0, 0.1) is 0 Å². The van der Waals surface area contributed by atoms with Crippen LogP contribution in [0.5, 0.6) is 0 Å². The van der Waals surface area contributed by atoms with Crippen molar-refractivity contribution in [1.29, 1.82) is 0 Å². The van der Waals surface area contributed by atoms with Gasteiger partial charge in [-0.25, -0.2) is 0 Å². The second-order valence-electron chi connectivity index (χ2n) is 7.38. The molecule has 1 aromatic heterocycles. The maximum absolute atomic E-state index is 11.9. The fraction of sp³-hybridized carbons (Fsp3) is 0.429. The molecule has 3 rings (SSSR count). The van der Waals surface area contributed by atoms with Gasteiger partial charge >= 0.3 is 0 Å². The van der Waals surface area contributed by atoms with E-state index in [0.717, 1.165) is 48.6 Å². The van der Waals surface area contributed by atoms with Gasteiger partial charge in [-0.15, -0.1) is 0 Å². The molecule has 0 saturated heterocycles. The zero-order valence-corrected chi connectivity index (χ0v) is 16.5. The molecule has 144 valence electrons. The predicted octanol–water partition coefficient (Wildman–Crippen LogP) is 3.08. The topological polar surface area (TPSA) is 64.3 Å². The van der Waals surface area contributed by atoms with Crippen LogP contribution in [0.1, 0.15) is 24.1 Å². The van der Waals surface area contributed by atoms with Gasteiger partial charge in [0.05, 0.1) is 11.4 Å². The summed E-state index contributed by atoms with van der Waals surface area (Å²) in [6.45, 7) is 5.45. The van der Waals surface area contributed by atoms with Gasteiger partial charge in [0.2, 0.25) is 5.91 Å². The Bertz CT molecular complexity index is 824. The van der Waals surface area contributed by atoms with Gasteiger partial charge in [-0.3, -0.25) is 9.89 Å². The lowest BCUT2D eigenvalue weighted by Gasteiger charge is -2.23. The van der Waals surface area contributed by atoms with Crippen LogP contribution in [0.4, 0.5) is 11.4 Å². The van der Waals surface area contributed by atoms with Crippen LogP contribution in [0.3, 0.4) is 0 Å². The Balaban J connectivity index is 1.99. The number of anilines is 2. The first-order chi connectivity index (χ1) is 13.0. The van der Waals surface area contributed by atoms with E-state index in [4.69, 9.17) is 0 Å². The molecule has 0 atom stereocenters. The van der Waals surface area contributed by atoms with Gasteiger partial charge in [-0.05, 0) is 64.1 Å². The fourth-order valence-electron chi connectivity index (χ4n) is 3.44. The van der Waals surface area contributed by atoms with Crippen molar-refractivity contribution in [2.45, 2.75) is 25.7 Å². The van der Waals surface area contributed by atoms with Gasteiger partial charge in [-0.2, -0.15) is 5.10 Å². The van der Waals surface area contributed by atoms with E-state index in [-0.39, 0.29) is 5.91 Å². The number of hydrogen-bond donors (Lipinski definition) is 2. The monoisotopic (exact) mass is 367 g/mol. The van der Waals surface area contributed by atoms with Crippen molar-refractivity contribution in [1.82, 2.24) is 15.1 Å². The Morgan fingerprint density at radius 1 is 1.26 bits per heavy atom. The number of rotatable bonds is 7. The smallest absolute Gasteiger partial charge is 0.247 e. The lowest BCUT2D eigenvalue weighted by Crippen LogP contribution is -2.28. The second kappa shape index (κ2) is 8.39. The average Bonchev–Trinajstić information content (AvgIpc) is 3.10. The Morgan fingerprint density at radius 3 is 2.78 bits per heavy atom. The highest BCUT2D eigenvalue weighted by atomic mass is 16.1. The van der Waals surface area contributed by atoms with E-state index in [1.54, 1.807) is 0 Å². The molecule has 0 unspecified atom stereocenters. The Morgan fingerprint density at radius 2 is 2.04 bits per heavy atom. The van der Waals surface area contributed by atoms with Crippen LogP contribution < -0.4 is 10.2 Å². The molecule has 1 aliphatic carbocycles. The SMILES string of the molecule is C=CC(=O)Nc1ccc(N(C)CCN(C)C)cc1-c1n[nH]c2c1CCCC2. The molecule has 0 saturated carbocycles. The summed E-state index contributed by atoms with van der Waals surface area (Å²) in [5.74, 6) is -0.214. The molecule has 0 spiro atoms. The molecule has 0 bridgehead atoms. The van der Waals surface area contributed by atoms with Gasteiger partial charge < -0.3 is 15.1 Å². The molecular formula is C21H29N5O. The number of nitrogens with one attached hydrogen (secondary N) is 2. The molecule has 0 fully saturated rings. The van der Waals surface area contributed by atoms with E-state index >= 15 is 0 Å². The van der Waals surface area contributed by atoms with Gasteiger partial charge in [-0.1, -0.05) is 6.58 Å². The van der Waals surface area contributed by atoms with Gasteiger partial charge in [0, 0.05) is 42.6 Å². The van der Waals surface area contributed by atoms with Crippen LogP contribution in [0.25, 0.3) is 11.3 Å². The van der Waals surface area contributed by atoms with Gasteiger partial charge in [0.15, 0.2) is 0 Å². The molecular weight excluding hydrogens is 338 g/mol. The van der Waals surface area contributed by atoms with Gasteiger partial charge in [0.1, 0.15) is 0 Å². The molecule has 1 heterocycles. The molecule has 27 heavy (non-hydrogen) atoms. The number of likely N-dealkylation sites (N-methyl/N-ethyl adjacent to an activating group) is 2. The van der Waals surface area contributed by atoms with Crippen molar-refractivity contribution in [3.63, 3.8) is 0 Å². The average molecular weight is 367 g/mol. The maximum atomic E-state index is 11.9. The van der Waals surface area contributed by atoms with Crippen LogP contribution >= 0.6 is 0 Å². The number of hydrogen-bond acceptors (Lipinski definition) is 4. The van der Waals surface area contributed by atoms with Crippen LogP contribution in [-0.4, -0.2) is 55.2 Å². The van der Waals surface area contributed by atoms with Crippen LogP contribution in [0.2, 0.25) is 0 Å². The first kappa shape index (κ1) is 19.2. The summed E-state index contributed by atoms with van der Waals surface area (Å²) in [6, 6.07) is 6.12. The third kappa shape index (κ3) is 4.39. The van der Waals surface area contributed by atoms with Crippen LogP contribution in [-0.2, 0) is 17.6 Å². The highest BCUT2D eigenvalue weighted by Gasteiger charge is 2.21. The number of aryl methyl sites for hydroxylation is 1. The first-order valence-electron chi connectivity index (χ1n) is 9.49. The number of aromatic amines is 1. The Kier molecular flexibility index (Phi) is 5.96. The Labute approximate surface area is 161 Å². The van der Waals surface area contributed by atoms with E-state index < -0.39 is 0 Å². The molecule has 2 aromatic rings. The molecule has 1 amide bonds. The molecule has 0 aliphatic heterocycles. The number of fused-ring (bicyclic) bond motifs is 1. The van der Waals surface area contributed by atoms with Crippen molar-refractivity contribution < 1.29 is 4.79 Å². The van der Waals surface area contributed by atoms with Crippen molar-refractivity contribution in [3.05, 3.63) is 42.1 Å². The highest BCUT2D eigenvalue weighted by molar-refractivity contribution is 6.02. The third-order valence-corrected chi connectivity index (χ3v) is 5.08. The fourth-order valence-corrected chi connectivity index (χ4v) is 3.44. The summed E-state index contributed by atoms with van der Waals surface area (Å²) in [4.78, 5) is 16.3. The molecule has 6 heteroatoms. The zero-order valence-electron chi connectivity index (χ0n) is 16.5. The van der Waals surface area contributed by atoms with E-state index in [0.29, 0.717) is 0 Å². The van der Waals surface area contributed by atoms with E-state index in [1.807, 2.05) is 12.1 Å². The number of nitrogens with zero attached hydrogens (tertiary/aromatic N) is 3. The summed E-state index contributed by atoms with van der Waals surface area (Å²) in [6.07, 6.45) is 5.73. The van der Waals surface area contributed by atoms with Gasteiger partial charge in [0.25, 0.3) is 0 Å². The number of aromatic nitrogens is 2. The first-order valence-corrected chi connectivity index (χ1v) is 9.49. The van der Waals surface area contributed by atoms with E-state index in [1.165, 1.54) is 30.2 Å². The highest BCUT2D eigenvalue weighted by Crippen LogP contribution is 2.36. The minimum absolute atomic E-state index is 0.214. The van der Waals surface area contributed by atoms with Crippen molar-refractivity contribution in [2.24, 2.45) is 0 Å². The standard InChI is InChI=1S/C21H29N5O/c1-5-20(27)22-18-11-10-15(26(4)13-12-25(2)3)14-17(18)21-16-8-6-7-9-19(16)23-24-21/h5,10-11,14H,1,6-9,12-13H2,2-4H3,(H,22,27)(H,23,24). The van der Waals surface area contributed by atoms with Crippen molar-refractivity contribution in [2.75, 3.05) is 44.4 Å². The number of amides is 1. The summed E-state index contributed by atoms with van der Waals surface area (Å²) in [7, 11) is 6.23. The minimum Gasteiger partial charge on any atom is -0.373 e. The number of carbonyl (C=O) groups is 1. The van der Waals surface area contributed by atoms with Crippen LogP contribution in [0.15, 0.2) is 30.9 Å². The summed E-state index contributed by atoms with van der Waals surface area (Å²) in [5, 5.41) is 10.7. The summed E-state index contributed by atoms with van der Waals surface area (Å²) < 4.78 is 0. The van der Waals surface area contributed by atoms with Crippen molar-refractivity contribution >= 4 is 17.3 Å². The third-order valence-electron chi connectivity index (χ3n) is 5.08. The molecule has 1 aromatic carbocycles. The zero-order chi connectivity index (χ0) is 19.4.